The highest BCUT2D eigenvalue weighted by Crippen LogP contribution is 1.97. The first-order chi connectivity index (χ1) is 9.50. The standard InChI is InChI=1S/C14H22N4O2.2ClH/c1-10(2)13(15)14(20)18-9-12(19)17-7-5-11-4-3-6-16-8-11;;/h3-4,6,8,10,13H,5,7,9,15H2,1-2H3,(H,17,19)(H,18,20);2*1H/t13-;;/m0../s1. The predicted molar refractivity (Wildman–Crippen MR) is 91.3 cm³/mol. The van der Waals surface area contributed by atoms with Gasteiger partial charge in [0.1, 0.15) is 0 Å². The van der Waals surface area contributed by atoms with Gasteiger partial charge in [0.05, 0.1) is 12.6 Å². The molecule has 0 bridgehead atoms. The Morgan fingerprint density at radius 3 is 2.50 bits per heavy atom. The van der Waals surface area contributed by atoms with Crippen LogP contribution in [0.4, 0.5) is 0 Å². The van der Waals surface area contributed by atoms with E-state index in [1.54, 1.807) is 12.4 Å². The van der Waals surface area contributed by atoms with E-state index in [2.05, 4.69) is 15.6 Å². The van der Waals surface area contributed by atoms with Crippen LogP contribution in [0, 0.1) is 5.92 Å². The molecule has 1 heterocycles. The number of nitrogens with two attached hydrogens (primary N) is 1. The van der Waals surface area contributed by atoms with E-state index in [9.17, 15) is 9.59 Å². The number of amides is 2. The molecule has 22 heavy (non-hydrogen) atoms. The molecule has 0 aliphatic carbocycles. The van der Waals surface area contributed by atoms with Gasteiger partial charge in [-0.25, -0.2) is 0 Å². The zero-order valence-corrected chi connectivity index (χ0v) is 14.4. The fourth-order valence-corrected chi connectivity index (χ4v) is 1.54. The monoisotopic (exact) mass is 350 g/mol. The second kappa shape index (κ2) is 12.2. The Morgan fingerprint density at radius 2 is 1.95 bits per heavy atom. The Bertz CT molecular complexity index is 444. The maximum atomic E-state index is 11.6. The van der Waals surface area contributed by atoms with Crippen molar-refractivity contribution in [3.05, 3.63) is 30.1 Å². The number of hydrogen-bond acceptors (Lipinski definition) is 4. The molecule has 6 nitrogen and oxygen atoms in total. The van der Waals surface area contributed by atoms with Gasteiger partial charge in [0, 0.05) is 18.9 Å². The van der Waals surface area contributed by atoms with Crippen LogP contribution in [0.5, 0.6) is 0 Å². The SMILES string of the molecule is CC(C)[C@H](N)C(=O)NCC(=O)NCCc1cccnc1.Cl.Cl. The van der Waals surface area contributed by atoms with Gasteiger partial charge in [-0.2, -0.15) is 0 Å². The van der Waals surface area contributed by atoms with Crippen molar-refractivity contribution in [2.45, 2.75) is 26.3 Å². The molecule has 0 unspecified atom stereocenters. The third kappa shape index (κ3) is 8.81. The van der Waals surface area contributed by atoms with Crippen molar-refractivity contribution in [3.8, 4) is 0 Å². The number of carbonyl (C=O) groups excluding carboxylic acids is 2. The summed E-state index contributed by atoms with van der Waals surface area (Å²) in [6, 6.07) is 3.21. The van der Waals surface area contributed by atoms with E-state index in [1.165, 1.54) is 0 Å². The van der Waals surface area contributed by atoms with E-state index in [0.29, 0.717) is 13.0 Å². The van der Waals surface area contributed by atoms with Crippen LogP contribution in [0.1, 0.15) is 19.4 Å². The lowest BCUT2D eigenvalue weighted by atomic mass is 10.1. The van der Waals surface area contributed by atoms with Gasteiger partial charge in [-0.1, -0.05) is 19.9 Å². The first-order valence-electron chi connectivity index (χ1n) is 6.69. The molecule has 0 spiro atoms. The first kappa shape index (κ1) is 22.9. The third-order valence-electron chi connectivity index (χ3n) is 2.90. The van der Waals surface area contributed by atoms with Crippen LogP contribution in [0.2, 0.25) is 0 Å². The first-order valence-corrected chi connectivity index (χ1v) is 6.69. The fourth-order valence-electron chi connectivity index (χ4n) is 1.54. The van der Waals surface area contributed by atoms with Crippen LogP contribution in [-0.4, -0.2) is 35.9 Å². The number of carbonyl (C=O) groups is 2. The van der Waals surface area contributed by atoms with Gasteiger partial charge in [0.25, 0.3) is 0 Å². The van der Waals surface area contributed by atoms with Crippen molar-refractivity contribution >= 4 is 36.6 Å². The Hall–Kier alpha value is -1.37. The summed E-state index contributed by atoms with van der Waals surface area (Å²) >= 11 is 0. The van der Waals surface area contributed by atoms with Gasteiger partial charge in [-0.05, 0) is 24.0 Å². The predicted octanol–water partition coefficient (Wildman–Crippen LogP) is 0.683. The van der Waals surface area contributed by atoms with Crippen LogP contribution in [0.15, 0.2) is 24.5 Å². The second-order valence-electron chi connectivity index (χ2n) is 4.95. The van der Waals surface area contributed by atoms with Crippen molar-refractivity contribution in [2.75, 3.05) is 13.1 Å². The number of rotatable bonds is 7. The molecular weight excluding hydrogens is 327 g/mol. The van der Waals surface area contributed by atoms with Crippen molar-refractivity contribution in [1.29, 1.82) is 0 Å². The molecule has 1 aromatic rings. The summed E-state index contributed by atoms with van der Waals surface area (Å²) in [7, 11) is 0. The molecular formula is C14H24Cl2N4O2. The van der Waals surface area contributed by atoms with Crippen molar-refractivity contribution in [3.63, 3.8) is 0 Å². The Balaban J connectivity index is 0. The van der Waals surface area contributed by atoms with Crippen LogP contribution < -0.4 is 16.4 Å². The van der Waals surface area contributed by atoms with Crippen molar-refractivity contribution in [1.82, 2.24) is 15.6 Å². The molecule has 0 aromatic carbocycles. The Morgan fingerprint density at radius 1 is 1.27 bits per heavy atom. The minimum absolute atomic E-state index is 0. The van der Waals surface area contributed by atoms with Crippen LogP contribution in [0.25, 0.3) is 0 Å². The molecule has 1 atom stereocenters. The smallest absolute Gasteiger partial charge is 0.239 e. The van der Waals surface area contributed by atoms with Crippen LogP contribution in [-0.2, 0) is 16.0 Å². The van der Waals surface area contributed by atoms with Crippen LogP contribution in [0.3, 0.4) is 0 Å². The van der Waals surface area contributed by atoms with Gasteiger partial charge in [0.2, 0.25) is 11.8 Å². The molecule has 1 rings (SSSR count). The van der Waals surface area contributed by atoms with Crippen molar-refractivity contribution < 1.29 is 9.59 Å². The van der Waals surface area contributed by atoms with Gasteiger partial charge >= 0.3 is 0 Å². The summed E-state index contributed by atoms with van der Waals surface area (Å²) in [5.41, 5.74) is 6.73. The lowest BCUT2D eigenvalue weighted by Crippen LogP contribution is -2.47. The number of hydrogen-bond donors (Lipinski definition) is 3. The van der Waals surface area contributed by atoms with Crippen LogP contribution >= 0.6 is 24.8 Å². The van der Waals surface area contributed by atoms with E-state index in [4.69, 9.17) is 5.73 Å². The quantitative estimate of drug-likeness (QED) is 0.673. The third-order valence-corrected chi connectivity index (χ3v) is 2.90. The largest absolute Gasteiger partial charge is 0.354 e. The van der Waals surface area contributed by atoms with E-state index < -0.39 is 6.04 Å². The summed E-state index contributed by atoms with van der Waals surface area (Å²) in [6.45, 7) is 4.18. The molecule has 0 aliphatic heterocycles. The zero-order valence-electron chi connectivity index (χ0n) is 12.7. The van der Waals surface area contributed by atoms with Crippen molar-refractivity contribution in [2.24, 2.45) is 11.7 Å². The normalized spacial score (nSPS) is 10.9. The molecule has 0 radical (unpaired) electrons. The lowest BCUT2D eigenvalue weighted by Gasteiger charge is -2.15. The van der Waals surface area contributed by atoms with Gasteiger partial charge in [-0.3, -0.25) is 14.6 Å². The van der Waals surface area contributed by atoms with E-state index in [0.717, 1.165) is 5.56 Å². The molecule has 0 saturated carbocycles. The Kier molecular flexibility index (Phi) is 12.7. The maximum absolute atomic E-state index is 11.6. The number of aromatic nitrogens is 1. The highest BCUT2D eigenvalue weighted by atomic mass is 35.5. The minimum atomic E-state index is -0.585. The number of nitrogens with one attached hydrogen (secondary N) is 2. The van der Waals surface area contributed by atoms with E-state index in [-0.39, 0.29) is 49.1 Å². The number of halogens is 2. The Labute approximate surface area is 143 Å². The molecule has 8 heteroatoms. The molecule has 0 saturated heterocycles. The molecule has 126 valence electrons. The minimum Gasteiger partial charge on any atom is -0.354 e. The maximum Gasteiger partial charge on any atom is 0.239 e. The fraction of sp³-hybridized carbons (Fsp3) is 0.500. The zero-order chi connectivity index (χ0) is 15.0. The average molecular weight is 351 g/mol. The van der Waals surface area contributed by atoms with Gasteiger partial charge in [-0.15, -0.1) is 24.8 Å². The number of pyridine rings is 1. The summed E-state index contributed by atoms with van der Waals surface area (Å²) in [6.07, 6.45) is 4.17. The lowest BCUT2D eigenvalue weighted by molar-refractivity contribution is -0.127. The molecule has 0 fully saturated rings. The molecule has 4 N–H and O–H groups in total. The summed E-state index contributed by atoms with van der Waals surface area (Å²) < 4.78 is 0. The second-order valence-corrected chi connectivity index (χ2v) is 4.95. The topological polar surface area (TPSA) is 97.1 Å². The van der Waals surface area contributed by atoms with E-state index >= 15 is 0 Å². The summed E-state index contributed by atoms with van der Waals surface area (Å²) in [5, 5.41) is 5.26. The summed E-state index contributed by atoms with van der Waals surface area (Å²) in [4.78, 5) is 27.1. The molecule has 1 aromatic heterocycles. The van der Waals surface area contributed by atoms with Gasteiger partial charge < -0.3 is 16.4 Å². The molecule has 2 amide bonds. The highest BCUT2D eigenvalue weighted by molar-refractivity contribution is 5.87. The average Bonchev–Trinajstić information content (AvgIpc) is 2.45. The summed E-state index contributed by atoms with van der Waals surface area (Å²) in [5.74, 6) is -0.482. The number of nitrogens with zero attached hydrogens (tertiary/aromatic N) is 1. The highest BCUT2D eigenvalue weighted by Gasteiger charge is 2.17. The van der Waals surface area contributed by atoms with E-state index in [1.807, 2.05) is 26.0 Å². The molecule has 0 aliphatic rings. The van der Waals surface area contributed by atoms with Gasteiger partial charge in [0.15, 0.2) is 0 Å².